The van der Waals surface area contributed by atoms with Gasteiger partial charge in [0.15, 0.2) is 11.3 Å². The first-order valence-electron chi connectivity index (χ1n) is 32.5. The van der Waals surface area contributed by atoms with E-state index >= 15 is 0 Å². The molecular formula is C74H67Cl2N17O6. The Labute approximate surface area is 577 Å². The number of nitrogen functional groups attached to an aromatic ring is 2. The van der Waals surface area contributed by atoms with Gasteiger partial charge in [-0.15, -0.1) is 0 Å². The zero-order chi connectivity index (χ0) is 68.7. The van der Waals surface area contributed by atoms with Gasteiger partial charge in [0.2, 0.25) is 11.8 Å². The highest BCUT2D eigenvalue weighted by Crippen LogP contribution is 2.34. The number of likely N-dealkylation sites (tertiary alicyclic amines) is 1. The van der Waals surface area contributed by atoms with Crippen LogP contribution in [0.3, 0.4) is 0 Å². The summed E-state index contributed by atoms with van der Waals surface area (Å²) < 4.78 is 6.48. The number of carbonyl (C=O) groups excluding carboxylic acids is 2. The summed E-state index contributed by atoms with van der Waals surface area (Å²) in [5.74, 6) is 14.1. The van der Waals surface area contributed by atoms with E-state index in [1.807, 2.05) is 59.5 Å². The number of nitrogens with one attached hydrogen (secondary N) is 1. The van der Waals surface area contributed by atoms with Gasteiger partial charge in [-0.3, -0.25) is 28.3 Å². The Morgan fingerprint density at radius 3 is 1.55 bits per heavy atom. The second kappa shape index (κ2) is 29.5. The molecular weight excluding hydrogens is 1290 g/mol. The van der Waals surface area contributed by atoms with Crippen molar-refractivity contribution in [1.29, 1.82) is 0 Å². The molecule has 2 amide bonds. The van der Waals surface area contributed by atoms with Crippen LogP contribution in [0.25, 0.3) is 66.4 Å². The summed E-state index contributed by atoms with van der Waals surface area (Å²) in [6, 6.07) is 38.8. The molecule has 2 aliphatic heterocycles. The number of amides is 2. The molecule has 6 aromatic heterocycles. The van der Waals surface area contributed by atoms with Gasteiger partial charge < -0.3 is 37.6 Å². The number of carbonyl (C=O) groups is 2. The predicted octanol–water partition coefficient (Wildman–Crippen LogP) is 9.47. The number of benzene rings is 6. The molecule has 0 radical (unpaired) electrons. The van der Waals surface area contributed by atoms with Crippen LogP contribution in [0, 0.1) is 35.5 Å². The summed E-state index contributed by atoms with van der Waals surface area (Å²) in [5, 5.41) is 35.6. The van der Waals surface area contributed by atoms with Crippen molar-refractivity contribution in [3.8, 4) is 57.7 Å². The Hall–Kier alpha value is -11.5. The van der Waals surface area contributed by atoms with Gasteiger partial charge >= 0.3 is 0 Å². The van der Waals surface area contributed by atoms with E-state index in [-0.39, 0.29) is 84.1 Å². The Bertz CT molecular complexity index is 5330. The molecule has 0 aliphatic carbocycles. The van der Waals surface area contributed by atoms with E-state index in [1.54, 1.807) is 97.4 Å². The van der Waals surface area contributed by atoms with E-state index < -0.39 is 0 Å². The van der Waals surface area contributed by atoms with Gasteiger partial charge in [-0.2, -0.15) is 10.2 Å². The van der Waals surface area contributed by atoms with Gasteiger partial charge in [-0.25, -0.2) is 39.3 Å². The quantitative estimate of drug-likeness (QED) is 0.0365. The molecule has 0 bridgehead atoms. The van der Waals surface area contributed by atoms with Crippen molar-refractivity contribution in [1.82, 2.24) is 68.8 Å². The first kappa shape index (κ1) is 66.1. The van der Waals surface area contributed by atoms with Gasteiger partial charge in [0.1, 0.15) is 71.9 Å². The zero-order valence-corrected chi connectivity index (χ0v) is 55.2. The van der Waals surface area contributed by atoms with Gasteiger partial charge in [0.05, 0.1) is 45.7 Å². The summed E-state index contributed by atoms with van der Waals surface area (Å²) in [5.41, 5.74) is 24.8. The van der Waals surface area contributed by atoms with Crippen LogP contribution >= 0.6 is 23.2 Å². The number of aromatic hydroxyl groups is 2. The van der Waals surface area contributed by atoms with Crippen molar-refractivity contribution < 1.29 is 19.8 Å². The lowest BCUT2D eigenvalue weighted by molar-refractivity contribution is -0.130. The fourth-order valence-electron chi connectivity index (χ4n) is 12.8. The van der Waals surface area contributed by atoms with Crippen LogP contribution in [0.4, 0.5) is 11.6 Å². The molecule has 0 spiro atoms. The minimum Gasteiger partial charge on any atom is -0.508 e. The number of fused-ring (bicyclic) bond motifs is 4. The average molecular weight is 1360 g/mol. The number of phenolic OH excluding ortho intramolecular Hbond substituents is 2. The van der Waals surface area contributed by atoms with Crippen LogP contribution in [0.2, 0.25) is 10.0 Å². The number of halogens is 2. The summed E-state index contributed by atoms with van der Waals surface area (Å²) in [7, 11) is 0. The molecule has 14 rings (SSSR count). The van der Waals surface area contributed by atoms with E-state index in [0.717, 1.165) is 56.6 Å². The lowest BCUT2D eigenvalue weighted by Gasteiger charge is -2.18. The van der Waals surface area contributed by atoms with Crippen molar-refractivity contribution in [2.75, 3.05) is 37.6 Å². The van der Waals surface area contributed by atoms with E-state index in [1.165, 1.54) is 12.7 Å². The highest BCUT2D eigenvalue weighted by atomic mass is 35.5. The number of aromatic nitrogens is 12. The average Bonchev–Trinajstić information content (AvgIpc) is 1.72. The van der Waals surface area contributed by atoms with E-state index in [2.05, 4.69) is 48.9 Å². The standard InChI is InChI=1S/C37H34ClN9O3.C37H33ClN8O3/c38-28-10-4-2-7-25(28)19-46-30(20-47-36-32(34(39)42-21-43-36)33(45-47)23-12-14-26(48)15-13-23)44-29-11-5-8-22(31(29)37(46)50)6-1-3-9-27(35(40)49)24-16-17-41-18-24;38-28-12-5-4-10-26(28)21-45-30(22-46-36-33(35(39)40-23-41-36)34(43-46)25-15-17-27(47)18-16-25)42-29-13-8-11-24(32(29)37(45)49)9-2-1-3-14-31(48)44-19-6-7-20-44/h2,4-5,7-8,10-15,21,24,27,41,48H,3,9,16-20H2,(H2,40,49)(H2,39,42,43);4-5,8,10-13,15-18,23,47H,1,3,6-7,14,19-22H2,(H2,39,40,41). The minimum atomic E-state index is -0.306. The first-order valence-corrected chi connectivity index (χ1v) is 33.2. The number of anilines is 2. The summed E-state index contributed by atoms with van der Waals surface area (Å²) >= 11 is 13.2. The maximum Gasteiger partial charge on any atom is 0.263 e. The van der Waals surface area contributed by atoms with E-state index in [4.69, 9.17) is 60.6 Å². The molecule has 2 atom stereocenters. The lowest BCUT2D eigenvalue weighted by atomic mass is 9.87. The van der Waals surface area contributed by atoms with Crippen LogP contribution in [-0.2, 0) is 35.8 Å². The topological polar surface area (TPSA) is 325 Å². The Kier molecular flexibility index (Phi) is 19.7. The maximum absolute atomic E-state index is 14.5. The summed E-state index contributed by atoms with van der Waals surface area (Å²) in [4.78, 5) is 82.8. The maximum atomic E-state index is 14.5. The van der Waals surface area contributed by atoms with Gasteiger partial charge in [-0.05, 0) is 147 Å². The molecule has 2 aliphatic rings. The number of hydrogen-bond acceptors (Lipinski definition) is 17. The van der Waals surface area contributed by atoms with Crippen molar-refractivity contribution in [3.63, 3.8) is 0 Å². The summed E-state index contributed by atoms with van der Waals surface area (Å²) in [6.45, 7) is 3.80. The SMILES string of the molecule is NC(=O)C(CCC#Cc1cccc2nc(Cn3nc(-c4ccc(O)cc4)c4c(N)ncnc43)n(Cc3ccccc3Cl)c(=O)c12)C1CCNC1.Nc1ncnc2c1c(-c1ccc(O)cc1)nn2Cc1nc2cccc(C#CCCCC(=O)N3CCCC3)c2c(=O)n1Cc1ccccc1Cl. The monoisotopic (exact) mass is 1360 g/mol. The Morgan fingerprint density at radius 2 is 1.08 bits per heavy atom. The number of phenols is 2. The number of nitrogens with two attached hydrogens (primary N) is 3. The fraction of sp³-hybridized carbons (Fsp3) is 0.243. The predicted molar refractivity (Wildman–Crippen MR) is 381 cm³/mol. The fourth-order valence-corrected chi connectivity index (χ4v) is 13.2. The number of unbranched alkanes of at least 4 members (excludes halogenated alkanes) is 1. The van der Waals surface area contributed by atoms with Crippen LogP contribution < -0.4 is 33.6 Å². The van der Waals surface area contributed by atoms with Gasteiger partial charge in [0.25, 0.3) is 11.1 Å². The van der Waals surface area contributed by atoms with E-state index in [9.17, 15) is 29.4 Å². The molecule has 99 heavy (non-hydrogen) atoms. The third-order valence-corrected chi connectivity index (χ3v) is 18.6. The van der Waals surface area contributed by atoms with Crippen molar-refractivity contribution in [2.45, 2.75) is 77.5 Å². The smallest absolute Gasteiger partial charge is 0.263 e. The largest absolute Gasteiger partial charge is 0.508 e. The zero-order valence-electron chi connectivity index (χ0n) is 53.7. The molecule has 6 aromatic carbocycles. The van der Waals surface area contributed by atoms with Crippen LogP contribution in [0.1, 0.15) is 85.3 Å². The molecule has 8 heterocycles. The van der Waals surface area contributed by atoms with Crippen LogP contribution in [-0.4, -0.2) is 112 Å². The third kappa shape index (κ3) is 14.3. The third-order valence-electron chi connectivity index (χ3n) is 17.9. The molecule has 25 heteroatoms. The van der Waals surface area contributed by atoms with Crippen LogP contribution in [0.15, 0.2) is 156 Å². The highest BCUT2D eigenvalue weighted by Gasteiger charge is 2.29. The molecule has 498 valence electrons. The number of rotatable bonds is 17. The molecule has 9 N–H and O–H groups in total. The first-order chi connectivity index (χ1) is 48.1. The number of nitrogens with zero attached hydrogens (tertiary/aromatic N) is 13. The van der Waals surface area contributed by atoms with Crippen molar-refractivity contribution in [3.05, 3.63) is 211 Å². The minimum absolute atomic E-state index is 0.0705. The molecule has 2 unspecified atom stereocenters. The number of hydrogen-bond donors (Lipinski definition) is 6. The molecule has 2 fully saturated rings. The molecule has 12 aromatic rings. The normalized spacial score (nSPS) is 13.8. The highest BCUT2D eigenvalue weighted by molar-refractivity contribution is 6.31. The number of primary amides is 1. The molecule has 2 saturated heterocycles. The van der Waals surface area contributed by atoms with Crippen LogP contribution in [0.5, 0.6) is 11.5 Å². The van der Waals surface area contributed by atoms with E-state index in [0.29, 0.717) is 131 Å². The van der Waals surface area contributed by atoms with Crippen molar-refractivity contribution in [2.24, 2.45) is 17.6 Å². The summed E-state index contributed by atoms with van der Waals surface area (Å²) in [6.07, 6.45) is 8.45. The molecule has 0 saturated carbocycles. The molecule has 23 nitrogen and oxygen atoms in total. The van der Waals surface area contributed by atoms with Gasteiger partial charge in [0, 0.05) is 70.6 Å². The van der Waals surface area contributed by atoms with Crippen molar-refractivity contribution >= 4 is 90.5 Å². The lowest BCUT2D eigenvalue weighted by Crippen LogP contribution is -2.31. The Balaban J connectivity index is 0.000000178. The Morgan fingerprint density at radius 1 is 0.596 bits per heavy atom. The second-order valence-electron chi connectivity index (χ2n) is 24.3. The second-order valence-corrected chi connectivity index (χ2v) is 25.1. The van der Waals surface area contributed by atoms with Gasteiger partial charge in [-0.1, -0.05) is 95.4 Å².